The topological polar surface area (TPSA) is 86.9 Å². The summed E-state index contributed by atoms with van der Waals surface area (Å²) < 4.78 is 1.93. The second kappa shape index (κ2) is 3.34. The van der Waals surface area contributed by atoms with Gasteiger partial charge in [-0.25, -0.2) is 4.98 Å². The van der Waals surface area contributed by atoms with Gasteiger partial charge in [-0.2, -0.15) is 0 Å². The zero-order valence-electron chi connectivity index (χ0n) is 8.81. The van der Waals surface area contributed by atoms with Crippen LogP contribution in [0.4, 0.5) is 0 Å². The van der Waals surface area contributed by atoms with Gasteiger partial charge < -0.3 is 16.0 Å². The van der Waals surface area contributed by atoms with Gasteiger partial charge in [0, 0.05) is 18.3 Å². The normalized spacial score (nSPS) is 19.9. The van der Waals surface area contributed by atoms with Crippen LogP contribution in [0.3, 0.4) is 0 Å². The molecule has 1 fully saturated rings. The smallest absolute Gasteiger partial charge is 0.239 e. The first-order chi connectivity index (χ1) is 7.00. The summed E-state index contributed by atoms with van der Waals surface area (Å²) in [6.07, 6.45) is 5.94. The summed E-state index contributed by atoms with van der Waals surface area (Å²) in [6, 6.07) is 0. The van der Waals surface area contributed by atoms with E-state index in [9.17, 15) is 4.79 Å². The zero-order chi connectivity index (χ0) is 11.1. The van der Waals surface area contributed by atoms with Crippen molar-refractivity contribution in [2.75, 3.05) is 0 Å². The molecule has 1 unspecified atom stereocenters. The van der Waals surface area contributed by atoms with E-state index in [1.807, 2.05) is 10.8 Å². The quantitative estimate of drug-likeness (QED) is 0.728. The molecule has 1 saturated carbocycles. The van der Waals surface area contributed by atoms with Crippen molar-refractivity contribution < 1.29 is 4.79 Å². The van der Waals surface area contributed by atoms with Crippen molar-refractivity contribution in [3.05, 3.63) is 18.2 Å². The Bertz CT molecular complexity index is 379. The SMILES string of the molecule is CC(N)(Cn1ccnc1C1CC1)C(N)=O. The number of rotatable bonds is 4. The Labute approximate surface area is 88.5 Å². The highest BCUT2D eigenvalue weighted by molar-refractivity contribution is 5.83. The molecule has 4 N–H and O–H groups in total. The number of carbonyl (C=O) groups excluding carboxylic acids is 1. The fourth-order valence-corrected chi connectivity index (χ4v) is 1.59. The van der Waals surface area contributed by atoms with E-state index in [-0.39, 0.29) is 0 Å². The molecule has 1 atom stereocenters. The Morgan fingerprint density at radius 1 is 1.73 bits per heavy atom. The fourth-order valence-electron chi connectivity index (χ4n) is 1.59. The van der Waals surface area contributed by atoms with Gasteiger partial charge in [-0.05, 0) is 19.8 Å². The Morgan fingerprint density at radius 3 is 2.93 bits per heavy atom. The molecule has 2 rings (SSSR count). The third-order valence-corrected chi connectivity index (χ3v) is 2.75. The molecule has 15 heavy (non-hydrogen) atoms. The van der Waals surface area contributed by atoms with E-state index < -0.39 is 11.4 Å². The lowest BCUT2D eigenvalue weighted by Crippen LogP contribution is -2.52. The van der Waals surface area contributed by atoms with Gasteiger partial charge in [-0.15, -0.1) is 0 Å². The van der Waals surface area contributed by atoms with Crippen LogP contribution in [0.2, 0.25) is 0 Å². The number of hydrogen-bond donors (Lipinski definition) is 2. The number of carbonyl (C=O) groups is 1. The molecular weight excluding hydrogens is 192 g/mol. The van der Waals surface area contributed by atoms with Gasteiger partial charge >= 0.3 is 0 Å². The lowest BCUT2D eigenvalue weighted by atomic mass is 10.0. The molecule has 5 heteroatoms. The van der Waals surface area contributed by atoms with Crippen LogP contribution in [-0.4, -0.2) is 21.0 Å². The minimum Gasteiger partial charge on any atom is -0.368 e. The number of hydrogen-bond acceptors (Lipinski definition) is 3. The van der Waals surface area contributed by atoms with Crippen molar-refractivity contribution >= 4 is 5.91 Å². The molecule has 0 aliphatic heterocycles. The first-order valence-electron chi connectivity index (χ1n) is 5.10. The third kappa shape index (κ3) is 2.02. The van der Waals surface area contributed by atoms with Crippen molar-refractivity contribution in [2.45, 2.75) is 37.8 Å². The highest BCUT2D eigenvalue weighted by Crippen LogP contribution is 2.39. The van der Waals surface area contributed by atoms with Crippen LogP contribution in [0.1, 0.15) is 31.5 Å². The fraction of sp³-hybridized carbons (Fsp3) is 0.600. The lowest BCUT2D eigenvalue weighted by molar-refractivity contribution is -0.123. The maximum absolute atomic E-state index is 11.1. The second-order valence-electron chi connectivity index (χ2n) is 4.47. The highest BCUT2D eigenvalue weighted by atomic mass is 16.1. The van der Waals surface area contributed by atoms with Crippen LogP contribution in [-0.2, 0) is 11.3 Å². The van der Waals surface area contributed by atoms with E-state index in [4.69, 9.17) is 11.5 Å². The van der Waals surface area contributed by atoms with Crippen molar-refractivity contribution in [3.63, 3.8) is 0 Å². The van der Waals surface area contributed by atoms with E-state index in [1.54, 1.807) is 13.1 Å². The summed E-state index contributed by atoms with van der Waals surface area (Å²) in [7, 11) is 0. The van der Waals surface area contributed by atoms with E-state index >= 15 is 0 Å². The predicted octanol–water partition coefficient (Wildman–Crippen LogP) is -0.0368. The van der Waals surface area contributed by atoms with E-state index in [2.05, 4.69) is 4.98 Å². The van der Waals surface area contributed by atoms with Crippen molar-refractivity contribution in [2.24, 2.45) is 11.5 Å². The van der Waals surface area contributed by atoms with Gasteiger partial charge in [0.2, 0.25) is 5.91 Å². The maximum atomic E-state index is 11.1. The molecule has 1 aromatic rings. The summed E-state index contributed by atoms with van der Waals surface area (Å²) >= 11 is 0. The molecule has 0 aromatic carbocycles. The predicted molar refractivity (Wildman–Crippen MR) is 56.0 cm³/mol. The van der Waals surface area contributed by atoms with Crippen LogP contribution in [0.15, 0.2) is 12.4 Å². The molecular formula is C10H16N4O. The van der Waals surface area contributed by atoms with Crippen LogP contribution in [0, 0.1) is 0 Å². The van der Waals surface area contributed by atoms with Gasteiger partial charge in [0.05, 0.1) is 6.54 Å². The first-order valence-corrected chi connectivity index (χ1v) is 5.10. The summed E-state index contributed by atoms with van der Waals surface area (Å²) in [5.41, 5.74) is 10.0. The third-order valence-electron chi connectivity index (χ3n) is 2.75. The number of primary amides is 1. The number of amides is 1. The van der Waals surface area contributed by atoms with Gasteiger partial charge in [-0.1, -0.05) is 0 Å². The minimum atomic E-state index is -1.01. The molecule has 0 bridgehead atoms. The molecule has 1 aliphatic rings. The molecule has 82 valence electrons. The molecule has 1 amide bonds. The van der Waals surface area contributed by atoms with E-state index in [0.717, 1.165) is 5.82 Å². The molecule has 0 spiro atoms. The molecule has 0 saturated heterocycles. The van der Waals surface area contributed by atoms with Crippen molar-refractivity contribution in [3.8, 4) is 0 Å². The van der Waals surface area contributed by atoms with Crippen molar-refractivity contribution in [1.29, 1.82) is 0 Å². The largest absolute Gasteiger partial charge is 0.368 e. The van der Waals surface area contributed by atoms with E-state index in [1.165, 1.54) is 12.8 Å². The summed E-state index contributed by atoms with van der Waals surface area (Å²) in [5, 5.41) is 0. The molecule has 1 heterocycles. The lowest BCUT2D eigenvalue weighted by Gasteiger charge is -2.22. The van der Waals surface area contributed by atoms with Crippen molar-refractivity contribution in [1.82, 2.24) is 9.55 Å². The van der Waals surface area contributed by atoms with Crippen LogP contribution >= 0.6 is 0 Å². The monoisotopic (exact) mass is 208 g/mol. The second-order valence-corrected chi connectivity index (χ2v) is 4.47. The van der Waals surface area contributed by atoms with Gasteiger partial charge in [0.25, 0.3) is 0 Å². The number of nitrogens with zero attached hydrogens (tertiary/aromatic N) is 2. The van der Waals surface area contributed by atoms with Crippen LogP contribution in [0.5, 0.6) is 0 Å². The Balaban J connectivity index is 2.16. The van der Waals surface area contributed by atoms with Gasteiger partial charge in [-0.3, -0.25) is 4.79 Å². The molecule has 1 aliphatic carbocycles. The number of imidazole rings is 1. The molecule has 1 aromatic heterocycles. The van der Waals surface area contributed by atoms with Gasteiger partial charge in [0.1, 0.15) is 11.4 Å². The average Bonchev–Trinajstić information content (AvgIpc) is 2.88. The highest BCUT2D eigenvalue weighted by Gasteiger charge is 2.31. The Hall–Kier alpha value is -1.36. The summed E-state index contributed by atoms with van der Waals surface area (Å²) in [6.45, 7) is 2.04. The summed E-state index contributed by atoms with van der Waals surface area (Å²) in [5.74, 6) is 1.08. The Kier molecular flexibility index (Phi) is 2.26. The Morgan fingerprint density at radius 2 is 2.40 bits per heavy atom. The maximum Gasteiger partial charge on any atom is 0.239 e. The number of aromatic nitrogens is 2. The van der Waals surface area contributed by atoms with Crippen LogP contribution in [0.25, 0.3) is 0 Å². The minimum absolute atomic E-state index is 0.397. The number of nitrogens with two attached hydrogens (primary N) is 2. The molecule has 0 radical (unpaired) electrons. The van der Waals surface area contributed by atoms with E-state index in [0.29, 0.717) is 12.5 Å². The average molecular weight is 208 g/mol. The standard InChI is InChI=1S/C10H16N4O/c1-10(12,9(11)15)6-14-5-4-13-8(14)7-2-3-7/h4-5,7H,2-3,6,12H2,1H3,(H2,11,15). The molecule has 5 nitrogen and oxygen atoms in total. The summed E-state index contributed by atoms with van der Waals surface area (Å²) in [4.78, 5) is 15.4. The van der Waals surface area contributed by atoms with Crippen LogP contribution < -0.4 is 11.5 Å². The van der Waals surface area contributed by atoms with Gasteiger partial charge in [0.15, 0.2) is 0 Å². The first kappa shape index (κ1) is 10.2. The zero-order valence-corrected chi connectivity index (χ0v) is 8.81.